The molecule has 5 nitrogen and oxygen atoms in total. The second-order valence-electron chi connectivity index (χ2n) is 6.53. The molecule has 0 unspecified atom stereocenters. The molecule has 24 heavy (non-hydrogen) atoms. The first-order chi connectivity index (χ1) is 11.3. The Morgan fingerprint density at radius 3 is 2.62 bits per heavy atom. The van der Waals surface area contributed by atoms with Crippen molar-refractivity contribution in [3.05, 3.63) is 52.1 Å². The van der Waals surface area contributed by atoms with Crippen molar-refractivity contribution in [1.29, 1.82) is 0 Å². The highest BCUT2D eigenvalue weighted by atomic mass is 79.9. The van der Waals surface area contributed by atoms with Gasteiger partial charge in [-0.05, 0) is 52.0 Å². The molecule has 1 aromatic heterocycles. The molecule has 1 aromatic carbocycles. The summed E-state index contributed by atoms with van der Waals surface area (Å²) < 4.78 is 6.60. The Balaban J connectivity index is 1.92. The molecule has 0 bridgehead atoms. The van der Waals surface area contributed by atoms with Crippen molar-refractivity contribution in [3.8, 4) is 5.75 Å². The number of aromatic nitrogens is 1. The second-order valence-corrected chi connectivity index (χ2v) is 7.45. The second kappa shape index (κ2) is 7.66. The average molecular weight is 392 g/mol. The number of carbonyl (C=O) groups is 1. The van der Waals surface area contributed by atoms with Crippen LogP contribution >= 0.6 is 15.9 Å². The summed E-state index contributed by atoms with van der Waals surface area (Å²) in [5, 5.41) is 5.31. The van der Waals surface area contributed by atoms with Crippen LogP contribution in [0, 0.1) is 6.92 Å². The third-order valence-corrected chi connectivity index (χ3v) is 3.84. The van der Waals surface area contributed by atoms with E-state index in [1.807, 2.05) is 12.1 Å². The molecule has 0 aliphatic carbocycles. The number of nitrogens with zero attached hydrogens (tertiary/aromatic N) is 1. The minimum Gasteiger partial charge on any atom is -0.473 e. The lowest BCUT2D eigenvalue weighted by molar-refractivity contribution is 0.233. The van der Waals surface area contributed by atoms with E-state index in [0.717, 1.165) is 15.8 Å². The van der Waals surface area contributed by atoms with Crippen LogP contribution in [0.2, 0.25) is 0 Å². The van der Waals surface area contributed by atoms with Crippen molar-refractivity contribution < 1.29 is 9.53 Å². The summed E-state index contributed by atoms with van der Waals surface area (Å²) in [6.45, 7) is 8.53. The number of ether oxygens (including phenoxy) is 1. The lowest BCUT2D eigenvalue weighted by Crippen LogP contribution is -2.32. The third kappa shape index (κ3) is 5.23. The van der Waals surface area contributed by atoms with E-state index in [-0.39, 0.29) is 18.2 Å². The minimum absolute atomic E-state index is 0.0367. The smallest absolute Gasteiger partial charge is 0.323 e. The molecule has 0 fully saturated rings. The van der Waals surface area contributed by atoms with Crippen molar-refractivity contribution in [3.63, 3.8) is 0 Å². The number of carbonyl (C=O) groups excluding carboxylic acids is 1. The van der Waals surface area contributed by atoms with Gasteiger partial charge in [-0.25, -0.2) is 9.78 Å². The van der Waals surface area contributed by atoms with Crippen molar-refractivity contribution in [2.45, 2.75) is 33.1 Å². The molecular weight excluding hydrogens is 370 g/mol. The molecule has 2 rings (SSSR count). The molecule has 0 atom stereocenters. The van der Waals surface area contributed by atoms with Crippen LogP contribution in [0.3, 0.4) is 0 Å². The molecule has 128 valence electrons. The van der Waals surface area contributed by atoms with Gasteiger partial charge in [0.25, 0.3) is 0 Å². The lowest BCUT2D eigenvalue weighted by Gasteiger charge is -2.23. The first-order valence-corrected chi connectivity index (χ1v) is 8.45. The Morgan fingerprint density at radius 2 is 2.00 bits per heavy atom. The molecule has 0 saturated carbocycles. The fraction of sp³-hybridized carbons (Fsp3) is 0.333. The molecule has 0 spiro atoms. The molecule has 6 heteroatoms. The van der Waals surface area contributed by atoms with E-state index in [1.54, 1.807) is 18.3 Å². The summed E-state index contributed by atoms with van der Waals surface area (Å²) in [7, 11) is 0. The monoisotopic (exact) mass is 391 g/mol. The topological polar surface area (TPSA) is 63.2 Å². The molecule has 2 N–H and O–H groups in total. The molecule has 0 aliphatic heterocycles. The maximum Gasteiger partial charge on any atom is 0.323 e. The van der Waals surface area contributed by atoms with Crippen LogP contribution in [0.4, 0.5) is 10.6 Å². The molecule has 2 amide bonds. The van der Waals surface area contributed by atoms with Gasteiger partial charge in [0.2, 0.25) is 0 Å². The number of rotatable bonds is 4. The highest BCUT2D eigenvalue weighted by Gasteiger charge is 2.19. The van der Waals surface area contributed by atoms with Gasteiger partial charge in [-0.1, -0.05) is 38.5 Å². The van der Waals surface area contributed by atoms with Gasteiger partial charge in [0.15, 0.2) is 6.73 Å². The van der Waals surface area contributed by atoms with Crippen LogP contribution < -0.4 is 15.4 Å². The Morgan fingerprint density at radius 1 is 1.25 bits per heavy atom. The van der Waals surface area contributed by atoms with E-state index in [0.29, 0.717) is 5.82 Å². The van der Waals surface area contributed by atoms with Gasteiger partial charge in [0.1, 0.15) is 11.6 Å². The predicted molar refractivity (Wildman–Crippen MR) is 99.5 cm³/mol. The fourth-order valence-corrected chi connectivity index (χ4v) is 2.38. The zero-order valence-electron chi connectivity index (χ0n) is 14.3. The third-order valence-electron chi connectivity index (χ3n) is 3.37. The fourth-order valence-electron chi connectivity index (χ4n) is 2.15. The van der Waals surface area contributed by atoms with Crippen molar-refractivity contribution in [1.82, 2.24) is 10.3 Å². The number of aryl methyl sites for hydroxylation is 1. The summed E-state index contributed by atoms with van der Waals surface area (Å²) >= 11 is 3.30. The number of anilines is 1. The standard InChI is InChI=1S/C18H22BrN3O2/c1-12-5-7-15(14(9-12)18(2,3)4)24-11-21-17(23)22-16-8-6-13(19)10-20-16/h5-10H,11H2,1-4H3,(H2,20,21,22,23). The first kappa shape index (κ1) is 18.3. The van der Waals surface area contributed by atoms with E-state index in [1.165, 1.54) is 5.56 Å². The Kier molecular flexibility index (Phi) is 5.83. The SMILES string of the molecule is Cc1ccc(OCNC(=O)Nc2ccc(Br)cn2)c(C(C)(C)C)c1. The predicted octanol–water partition coefficient (Wildman–Crippen LogP) is 4.61. The van der Waals surface area contributed by atoms with Gasteiger partial charge in [-0.15, -0.1) is 0 Å². The van der Waals surface area contributed by atoms with Crippen LogP contribution in [0.25, 0.3) is 0 Å². The van der Waals surface area contributed by atoms with Crippen LogP contribution in [-0.4, -0.2) is 17.7 Å². The van der Waals surface area contributed by atoms with Crippen LogP contribution in [0.5, 0.6) is 5.75 Å². The molecule has 1 heterocycles. The Bertz CT molecular complexity index is 709. The Hall–Kier alpha value is -2.08. The quantitative estimate of drug-likeness (QED) is 0.747. The highest BCUT2D eigenvalue weighted by Crippen LogP contribution is 2.31. The van der Waals surface area contributed by atoms with Crippen molar-refractivity contribution >= 4 is 27.8 Å². The Labute approximate surface area is 151 Å². The largest absolute Gasteiger partial charge is 0.473 e. The van der Waals surface area contributed by atoms with Crippen LogP contribution in [0.1, 0.15) is 31.9 Å². The first-order valence-electron chi connectivity index (χ1n) is 7.66. The maximum atomic E-state index is 11.9. The van der Waals surface area contributed by atoms with E-state index < -0.39 is 0 Å². The normalized spacial score (nSPS) is 11.0. The number of amides is 2. The zero-order chi connectivity index (χ0) is 17.7. The highest BCUT2D eigenvalue weighted by molar-refractivity contribution is 9.10. The molecule has 0 radical (unpaired) electrons. The molecule has 0 saturated heterocycles. The van der Waals surface area contributed by atoms with E-state index in [9.17, 15) is 4.79 Å². The number of urea groups is 1. The summed E-state index contributed by atoms with van der Waals surface area (Å²) in [5.41, 5.74) is 2.25. The number of nitrogens with one attached hydrogen (secondary N) is 2. The molecular formula is C18H22BrN3O2. The van der Waals surface area contributed by atoms with E-state index >= 15 is 0 Å². The molecule has 0 aliphatic rings. The number of benzene rings is 1. The van der Waals surface area contributed by atoms with Gasteiger partial charge >= 0.3 is 6.03 Å². The van der Waals surface area contributed by atoms with Gasteiger partial charge < -0.3 is 10.1 Å². The summed E-state index contributed by atoms with van der Waals surface area (Å²) in [6.07, 6.45) is 1.62. The number of pyridine rings is 1. The van der Waals surface area contributed by atoms with Crippen molar-refractivity contribution in [2.24, 2.45) is 0 Å². The number of halogens is 1. The van der Waals surface area contributed by atoms with Gasteiger partial charge in [-0.3, -0.25) is 5.32 Å². The van der Waals surface area contributed by atoms with E-state index in [2.05, 4.69) is 65.3 Å². The molecule has 2 aromatic rings. The minimum atomic E-state index is -0.366. The summed E-state index contributed by atoms with van der Waals surface area (Å²) in [4.78, 5) is 16.0. The summed E-state index contributed by atoms with van der Waals surface area (Å²) in [6, 6.07) is 9.20. The average Bonchev–Trinajstić information content (AvgIpc) is 2.50. The van der Waals surface area contributed by atoms with Gasteiger partial charge in [-0.2, -0.15) is 0 Å². The lowest BCUT2D eigenvalue weighted by atomic mass is 9.85. The number of hydrogen-bond acceptors (Lipinski definition) is 3. The summed E-state index contributed by atoms with van der Waals surface area (Å²) in [5.74, 6) is 1.25. The van der Waals surface area contributed by atoms with Crippen molar-refractivity contribution in [2.75, 3.05) is 12.0 Å². The van der Waals surface area contributed by atoms with E-state index in [4.69, 9.17) is 4.74 Å². The van der Waals surface area contributed by atoms with Gasteiger partial charge in [0, 0.05) is 10.7 Å². The van der Waals surface area contributed by atoms with Gasteiger partial charge in [0.05, 0.1) is 0 Å². The van der Waals surface area contributed by atoms with Crippen LogP contribution in [-0.2, 0) is 5.41 Å². The number of hydrogen-bond donors (Lipinski definition) is 2. The zero-order valence-corrected chi connectivity index (χ0v) is 15.9. The maximum absolute atomic E-state index is 11.9. The van der Waals surface area contributed by atoms with Crippen LogP contribution in [0.15, 0.2) is 41.0 Å².